The van der Waals surface area contributed by atoms with Crippen molar-refractivity contribution in [1.29, 1.82) is 0 Å². The fourth-order valence-corrected chi connectivity index (χ4v) is 3.90. The molecule has 4 nitrogen and oxygen atoms in total. The van der Waals surface area contributed by atoms with Gasteiger partial charge in [0.05, 0.1) is 18.8 Å². The van der Waals surface area contributed by atoms with E-state index in [0.717, 1.165) is 34.4 Å². The summed E-state index contributed by atoms with van der Waals surface area (Å²) in [6, 6.07) is 17.7. The second kappa shape index (κ2) is 6.37. The Hall–Kier alpha value is -2.59. The molecule has 1 saturated heterocycles. The van der Waals surface area contributed by atoms with Crippen molar-refractivity contribution in [1.82, 2.24) is 4.90 Å². The summed E-state index contributed by atoms with van der Waals surface area (Å²) in [5.74, 6) is 0.815. The number of aliphatic hydroxyl groups is 1. The van der Waals surface area contributed by atoms with Crippen molar-refractivity contribution in [3.05, 3.63) is 65.7 Å². The van der Waals surface area contributed by atoms with Gasteiger partial charge in [-0.05, 0) is 41.7 Å². The van der Waals surface area contributed by atoms with E-state index in [4.69, 9.17) is 4.74 Å². The topological polar surface area (TPSA) is 49.8 Å². The second-order valence-corrected chi connectivity index (χ2v) is 6.65. The van der Waals surface area contributed by atoms with Crippen LogP contribution in [0.3, 0.4) is 0 Å². The molecule has 1 amide bonds. The van der Waals surface area contributed by atoms with Crippen molar-refractivity contribution in [2.24, 2.45) is 0 Å². The molecule has 0 unspecified atom stereocenters. The molecule has 1 N–H and O–H groups in total. The van der Waals surface area contributed by atoms with Crippen molar-refractivity contribution >= 4 is 17.1 Å². The predicted molar refractivity (Wildman–Crippen MR) is 97.0 cm³/mol. The summed E-state index contributed by atoms with van der Waals surface area (Å²) >= 11 is 0. The van der Waals surface area contributed by atoms with Gasteiger partial charge in [0.15, 0.2) is 0 Å². The number of fused-ring (bicyclic) bond motifs is 1. The first-order chi connectivity index (χ1) is 12.2. The van der Waals surface area contributed by atoms with Gasteiger partial charge >= 0.3 is 0 Å². The van der Waals surface area contributed by atoms with Gasteiger partial charge in [-0.1, -0.05) is 42.5 Å². The number of amides is 1. The van der Waals surface area contributed by atoms with E-state index in [9.17, 15) is 9.90 Å². The molecule has 4 heteroatoms. The van der Waals surface area contributed by atoms with Crippen LogP contribution in [0.5, 0.6) is 5.75 Å². The molecule has 2 aromatic rings. The third-order valence-corrected chi connectivity index (χ3v) is 5.11. The molecule has 0 radical (unpaired) electrons. The highest BCUT2D eigenvalue weighted by Gasteiger charge is 2.41. The Kier molecular flexibility index (Phi) is 4.06. The molecule has 0 saturated carbocycles. The van der Waals surface area contributed by atoms with Crippen LogP contribution in [0.4, 0.5) is 0 Å². The zero-order chi connectivity index (χ0) is 17.4. The molecule has 2 aliphatic heterocycles. The molecule has 25 heavy (non-hydrogen) atoms. The minimum atomic E-state index is -0.429. The minimum Gasteiger partial charge on any atom is -0.497 e. The van der Waals surface area contributed by atoms with Crippen LogP contribution in [0.15, 0.2) is 54.6 Å². The van der Waals surface area contributed by atoms with Crippen LogP contribution in [0, 0.1) is 0 Å². The van der Waals surface area contributed by atoms with Gasteiger partial charge in [0.2, 0.25) is 0 Å². The van der Waals surface area contributed by atoms with E-state index >= 15 is 0 Å². The third-order valence-electron chi connectivity index (χ3n) is 5.11. The van der Waals surface area contributed by atoms with E-state index in [1.54, 1.807) is 7.11 Å². The third kappa shape index (κ3) is 2.83. The molecular formula is C21H21NO3. The summed E-state index contributed by atoms with van der Waals surface area (Å²) in [4.78, 5) is 15.0. The van der Waals surface area contributed by atoms with Crippen molar-refractivity contribution < 1.29 is 14.6 Å². The quantitative estimate of drug-likeness (QED) is 0.938. The van der Waals surface area contributed by atoms with Gasteiger partial charge in [0.1, 0.15) is 5.75 Å². The largest absolute Gasteiger partial charge is 0.497 e. The maximum absolute atomic E-state index is 13.2. The van der Waals surface area contributed by atoms with Crippen LogP contribution in [0.1, 0.15) is 24.0 Å². The fraction of sp³-hybridized carbons (Fsp3) is 0.286. The summed E-state index contributed by atoms with van der Waals surface area (Å²) in [5, 5.41) is 10.0. The van der Waals surface area contributed by atoms with Crippen molar-refractivity contribution in [3.63, 3.8) is 0 Å². The number of ether oxygens (including phenoxy) is 1. The molecule has 0 aromatic heterocycles. The van der Waals surface area contributed by atoms with Crippen LogP contribution in [-0.2, 0) is 4.79 Å². The van der Waals surface area contributed by atoms with Crippen molar-refractivity contribution in [3.8, 4) is 5.75 Å². The molecular weight excluding hydrogens is 314 g/mol. The van der Waals surface area contributed by atoms with Crippen LogP contribution >= 0.6 is 0 Å². The summed E-state index contributed by atoms with van der Waals surface area (Å²) in [6.45, 7) is 0.426. The van der Waals surface area contributed by atoms with E-state index in [1.165, 1.54) is 0 Å². The van der Waals surface area contributed by atoms with Gasteiger partial charge in [-0.2, -0.15) is 0 Å². The van der Waals surface area contributed by atoms with E-state index in [-0.39, 0.29) is 11.9 Å². The first-order valence-electron chi connectivity index (χ1n) is 8.59. The Morgan fingerprint density at radius 2 is 1.76 bits per heavy atom. The standard InChI is InChI=1S/C21H21NO3/c1-25-18-9-7-14(8-10-18)19-12-16-11-17(23)13-22(16)21(24)20(19)15-5-3-2-4-6-15/h2-10,16-17,23H,11-13H2,1H3/t16-,17+/m0/s1. The number of benzene rings is 2. The molecule has 1 fully saturated rings. The summed E-state index contributed by atoms with van der Waals surface area (Å²) in [6.07, 6.45) is 0.980. The highest BCUT2D eigenvalue weighted by atomic mass is 16.5. The van der Waals surface area contributed by atoms with Crippen LogP contribution < -0.4 is 4.74 Å². The lowest BCUT2D eigenvalue weighted by Crippen LogP contribution is -2.40. The smallest absolute Gasteiger partial charge is 0.255 e. The van der Waals surface area contributed by atoms with E-state index in [2.05, 4.69) is 0 Å². The molecule has 0 spiro atoms. The Morgan fingerprint density at radius 3 is 2.44 bits per heavy atom. The molecule has 0 aliphatic carbocycles. The van der Waals surface area contributed by atoms with E-state index in [1.807, 2.05) is 59.5 Å². The summed E-state index contributed by atoms with van der Waals surface area (Å²) in [7, 11) is 1.64. The molecule has 2 aliphatic rings. The first-order valence-corrected chi connectivity index (χ1v) is 8.59. The van der Waals surface area contributed by atoms with E-state index < -0.39 is 6.10 Å². The summed E-state index contributed by atoms with van der Waals surface area (Å²) in [5.41, 5.74) is 3.76. The molecule has 4 rings (SSSR count). The lowest BCUT2D eigenvalue weighted by Gasteiger charge is -2.33. The Morgan fingerprint density at radius 1 is 1.04 bits per heavy atom. The van der Waals surface area contributed by atoms with Gasteiger partial charge in [0.25, 0.3) is 5.91 Å². The normalized spacial score (nSPS) is 23.0. The minimum absolute atomic E-state index is 0.0184. The number of hydrogen-bond donors (Lipinski definition) is 1. The SMILES string of the molecule is COc1ccc(C2=C(c3ccccc3)C(=O)N3C[C@H](O)C[C@H]3C2)cc1. The zero-order valence-electron chi connectivity index (χ0n) is 14.2. The highest BCUT2D eigenvalue weighted by Crippen LogP contribution is 2.40. The monoisotopic (exact) mass is 335 g/mol. The lowest BCUT2D eigenvalue weighted by atomic mass is 9.85. The van der Waals surface area contributed by atoms with Gasteiger partial charge in [0, 0.05) is 12.6 Å². The number of nitrogens with zero attached hydrogens (tertiary/aromatic N) is 1. The average molecular weight is 335 g/mol. The molecule has 0 bridgehead atoms. The van der Waals surface area contributed by atoms with Gasteiger partial charge in [-0.3, -0.25) is 4.79 Å². The lowest BCUT2D eigenvalue weighted by molar-refractivity contribution is -0.126. The Labute approximate surface area is 147 Å². The fourth-order valence-electron chi connectivity index (χ4n) is 3.90. The number of methoxy groups -OCH3 is 1. The number of carbonyl (C=O) groups excluding carboxylic acids is 1. The van der Waals surface area contributed by atoms with Gasteiger partial charge in [-0.15, -0.1) is 0 Å². The number of hydrogen-bond acceptors (Lipinski definition) is 3. The Balaban J connectivity index is 1.84. The van der Waals surface area contributed by atoms with Crippen LogP contribution in [0.25, 0.3) is 11.1 Å². The van der Waals surface area contributed by atoms with Crippen molar-refractivity contribution in [2.75, 3.05) is 13.7 Å². The number of carbonyl (C=O) groups is 1. The molecule has 2 aromatic carbocycles. The van der Waals surface area contributed by atoms with Crippen LogP contribution in [-0.4, -0.2) is 41.7 Å². The zero-order valence-corrected chi connectivity index (χ0v) is 14.2. The maximum Gasteiger partial charge on any atom is 0.255 e. The maximum atomic E-state index is 13.2. The van der Waals surface area contributed by atoms with Gasteiger partial charge in [-0.25, -0.2) is 0 Å². The average Bonchev–Trinajstić information content (AvgIpc) is 3.03. The highest BCUT2D eigenvalue weighted by molar-refractivity contribution is 6.28. The number of aliphatic hydroxyl groups excluding tert-OH is 1. The molecule has 2 heterocycles. The second-order valence-electron chi connectivity index (χ2n) is 6.65. The van der Waals surface area contributed by atoms with Gasteiger partial charge < -0.3 is 14.7 Å². The molecule has 128 valence electrons. The van der Waals surface area contributed by atoms with Crippen molar-refractivity contribution in [2.45, 2.75) is 25.0 Å². The Bertz CT molecular complexity index is 811. The summed E-state index contributed by atoms with van der Waals surface area (Å²) < 4.78 is 5.25. The van der Waals surface area contributed by atoms with E-state index in [0.29, 0.717) is 13.0 Å². The van der Waals surface area contributed by atoms with Crippen LogP contribution in [0.2, 0.25) is 0 Å². The first kappa shape index (κ1) is 15.9. The molecule has 2 atom stereocenters. The number of rotatable bonds is 3. The predicted octanol–water partition coefficient (Wildman–Crippen LogP) is 2.97.